The van der Waals surface area contributed by atoms with E-state index in [0.717, 1.165) is 35.5 Å². The summed E-state index contributed by atoms with van der Waals surface area (Å²) in [5, 5.41) is 4.43. The van der Waals surface area contributed by atoms with Crippen LogP contribution < -0.4 is 0 Å². The fourth-order valence-electron chi connectivity index (χ4n) is 2.47. The van der Waals surface area contributed by atoms with E-state index in [2.05, 4.69) is 28.5 Å². The summed E-state index contributed by atoms with van der Waals surface area (Å²) in [5.41, 5.74) is 3.04. The van der Waals surface area contributed by atoms with Gasteiger partial charge in [-0.05, 0) is 19.8 Å². The Hall–Kier alpha value is -1.03. The minimum Gasteiger partial charge on any atom is -0.309 e. The number of hydrogen-bond donors (Lipinski definition) is 0. The van der Waals surface area contributed by atoms with Gasteiger partial charge in [0.25, 0.3) is 0 Å². The molecule has 0 aromatic carbocycles. The highest BCUT2D eigenvalue weighted by Crippen LogP contribution is 2.27. The summed E-state index contributed by atoms with van der Waals surface area (Å²) in [4.78, 5) is 4.62. The predicted molar refractivity (Wildman–Crippen MR) is 70.4 cm³/mol. The van der Waals surface area contributed by atoms with Crippen molar-refractivity contribution in [2.24, 2.45) is 7.05 Å². The van der Waals surface area contributed by atoms with E-state index in [1.165, 1.54) is 0 Å². The largest absolute Gasteiger partial charge is 0.309 e. The van der Waals surface area contributed by atoms with E-state index in [-0.39, 0.29) is 0 Å². The van der Waals surface area contributed by atoms with Gasteiger partial charge < -0.3 is 4.57 Å². The first-order chi connectivity index (χ1) is 8.13. The Bertz CT molecular complexity index is 522. The van der Waals surface area contributed by atoms with Gasteiger partial charge >= 0.3 is 0 Å². The molecule has 0 aliphatic heterocycles. The van der Waals surface area contributed by atoms with Crippen LogP contribution in [0.2, 0.25) is 0 Å². The van der Waals surface area contributed by atoms with Crippen molar-refractivity contribution in [1.29, 1.82) is 0 Å². The Morgan fingerprint density at radius 1 is 1.29 bits per heavy atom. The summed E-state index contributed by atoms with van der Waals surface area (Å²) in [6.07, 6.45) is 2.16. The van der Waals surface area contributed by atoms with Crippen LogP contribution in [0.5, 0.6) is 0 Å². The van der Waals surface area contributed by atoms with Gasteiger partial charge in [-0.15, -0.1) is 11.6 Å². The predicted octanol–water partition coefficient (Wildman–Crippen LogP) is 3.18. The molecule has 2 aromatic heterocycles. The van der Waals surface area contributed by atoms with Crippen LogP contribution in [-0.2, 0) is 12.9 Å². The lowest BCUT2D eigenvalue weighted by Gasteiger charge is -2.18. The van der Waals surface area contributed by atoms with Gasteiger partial charge in [0.1, 0.15) is 11.3 Å². The number of fused-ring (bicyclic) bond motifs is 1. The Morgan fingerprint density at radius 3 is 2.47 bits per heavy atom. The first kappa shape index (κ1) is 12.4. The summed E-state index contributed by atoms with van der Waals surface area (Å²) < 4.78 is 4.16. The van der Waals surface area contributed by atoms with E-state index in [0.29, 0.717) is 11.9 Å². The monoisotopic (exact) mass is 254 g/mol. The van der Waals surface area contributed by atoms with Crippen LogP contribution in [0.3, 0.4) is 0 Å². The molecule has 0 atom stereocenters. The van der Waals surface area contributed by atoms with Crippen molar-refractivity contribution in [2.45, 2.75) is 45.5 Å². The fourth-order valence-corrected chi connectivity index (χ4v) is 2.66. The Morgan fingerprint density at radius 2 is 1.94 bits per heavy atom. The normalized spacial score (nSPS) is 11.9. The summed E-state index contributed by atoms with van der Waals surface area (Å²) in [7, 11) is 1.97. The third-order valence-corrected chi connectivity index (χ3v) is 3.57. The van der Waals surface area contributed by atoms with Gasteiger partial charge in [0.2, 0.25) is 0 Å². The van der Waals surface area contributed by atoms with Crippen molar-refractivity contribution in [3.63, 3.8) is 0 Å². The van der Waals surface area contributed by atoms with Crippen molar-refractivity contribution >= 4 is 22.8 Å². The lowest BCUT2D eigenvalue weighted by Crippen LogP contribution is -2.12. The topological polar surface area (TPSA) is 35.6 Å². The number of alkyl halides is 1. The van der Waals surface area contributed by atoms with Crippen LogP contribution in [-0.4, -0.2) is 19.3 Å². The zero-order valence-electron chi connectivity index (χ0n) is 10.9. The highest BCUT2D eigenvalue weighted by atomic mass is 35.5. The van der Waals surface area contributed by atoms with Gasteiger partial charge in [0.15, 0.2) is 5.65 Å². The molecule has 0 fully saturated rings. The molecule has 0 unspecified atom stereocenters. The van der Waals surface area contributed by atoms with Crippen molar-refractivity contribution in [2.75, 3.05) is 0 Å². The van der Waals surface area contributed by atoms with Crippen LogP contribution in [0.1, 0.15) is 44.2 Å². The number of halogens is 1. The fraction of sp³-hybridized carbons (Fsp3) is 0.667. The van der Waals surface area contributed by atoms with Crippen LogP contribution in [0, 0.1) is 6.92 Å². The summed E-state index contributed by atoms with van der Waals surface area (Å²) in [5.74, 6) is 1.40. The standard InChI is InChI=1S/C12H19ClN4/c1-5-9(6-2)17-10(7-13)14-11-8(3)15-16(4)12(11)17/h9H,5-7H2,1-4H3. The highest BCUT2D eigenvalue weighted by Gasteiger charge is 2.20. The van der Waals surface area contributed by atoms with Gasteiger partial charge in [-0.3, -0.25) is 4.68 Å². The molecule has 0 aliphatic rings. The smallest absolute Gasteiger partial charge is 0.158 e. The summed E-state index contributed by atoms with van der Waals surface area (Å²) >= 11 is 6.01. The number of aryl methyl sites for hydroxylation is 2. The second-order valence-electron chi connectivity index (χ2n) is 4.38. The molecule has 5 heteroatoms. The van der Waals surface area contributed by atoms with E-state index < -0.39 is 0 Å². The molecule has 0 amide bonds. The van der Waals surface area contributed by atoms with E-state index in [9.17, 15) is 0 Å². The number of aromatic nitrogens is 4. The highest BCUT2D eigenvalue weighted by molar-refractivity contribution is 6.16. The molecule has 17 heavy (non-hydrogen) atoms. The molecule has 0 spiro atoms. The molecular formula is C12H19ClN4. The molecular weight excluding hydrogens is 236 g/mol. The van der Waals surface area contributed by atoms with E-state index in [1.807, 2.05) is 18.7 Å². The zero-order chi connectivity index (χ0) is 12.6. The Kier molecular flexibility index (Phi) is 3.43. The quantitative estimate of drug-likeness (QED) is 0.786. The van der Waals surface area contributed by atoms with Crippen molar-refractivity contribution in [3.8, 4) is 0 Å². The molecule has 0 saturated carbocycles. The van der Waals surface area contributed by atoms with Gasteiger partial charge in [0.05, 0.1) is 11.6 Å². The third kappa shape index (κ3) is 1.84. The van der Waals surface area contributed by atoms with Crippen molar-refractivity contribution in [1.82, 2.24) is 19.3 Å². The van der Waals surface area contributed by atoms with Gasteiger partial charge in [-0.1, -0.05) is 13.8 Å². The van der Waals surface area contributed by atoms with Crippen LogP contribution in [0.25, 0.3) is 11.2 Å². The molecule has 2 rings (SSSR count). The molecule has 0 saturated heterocycles. The average Bonchev–Trinajstić information content (AvgIpc) is 2.81. The number of hydrogen-bond acceptors (Lipinski definition) is 2. The first-order valence-corrected chi connectivity index (χ1v) is 6.63. The third-order valence-electron chi connectivity index (χ3n) is 3.34. The second-order valence-corrected chi connectivity index (χ2v) is 4.65. The molecule has 2 aromatic rings. The lowest BCUT2D eigenvalue weighted by molar-refractivity contribution is 0.463. The first-order valence-electron chi connectivity index (χ1n) is 6.10. The van der Waals surface area contributed by atoms with Crippen LogP contribution in [0.4, 0.5) is 0 Å². The Labute approximate surface area is 107 Å². The second kappa shape index (κ2) is 4.69. The van der Waals surface area contributed by atoms with E-state index >= 15 is 0 Å². The number of rotatable bonds is 4. The maximum Gasteiger partial charge on any atom is 0.158 e. The average molecular weight is 255 g/mol. The Balaban J connectivity index is 2.72. The lowest BCUT2D eigenvalue weighted by atomic mass is 10.1. The molecule has 94 valence electrons. The van der Waals surface area contributed by atoms with Gasteiger partial charge in [-0.2, -0.15) is 5.10 Å². The zero-order valence-corrected chi connectivity index (χ0v) is 11.6. The maximum absolute atomic E-state index is 6.01. The molecule has 2 heterocycles. The van der Waals surface area contributed by atoms with Crippen molar-refractivity contribution < 1.29 is 0 Å². The minimum absolute atomic E-state index is 0.448. The van der Waals surface area contributed by atoms with Gasteiger partial charge in [0, 0.05) is 13.1 Å². The molecule has 0 N–H and O–H groups in total. The van der Waals surface area contributed by atoms with E-state index in [4.69, 9.17) is 11.6 Å². The van der Waals surface area contributed by atoms with Gasteiger partial charge in [-0.25, -0.2) is 4.98 Å². The van der Waals surface area contributed by atoms with Crippen LogP contribution in [0.15, 0.2) is 0 Å². The number of imidazole rings is 1. The number of nitrogens with zero attached hydrogens (tertiary/aromatic N) is 4. The molecule has 0 radical (unpaired) electrons. The van der Waals surface area contributed by atoms with E-state index in [1.54, 1.807) is 0 Å². The summed E-state index contributed by atoms with van der Waals surface area (Å²) in [6.45, 7) is 6.38. The SMILES string of the molecule is CCC(CC)n1c(CCl)nc2c(C)nn(C)c21. The van der Waals surface area contributed by atoms with Crippen molar-refractivity contribution in [3.05, 3.63) is 11.5 Å². The van der Waals surface area contributed by atoms with Crippen LogP contribution >= 0.6 is 11.6 Å². The maximum atomic E-state index is 6.01. The molecule has 0 aliphatic carbocycles. The summed E-state index contributed by atoms with van der Waals surface area (Å²) in [6, 6.07) is 0.448. The minimum atomic E-state index is 0.448. The molecule has 4 nitrogen and oxygen atoms in total. The molecule has 0 bridgehead atoms.